The first-order chi connectivity index (χ1) is 9.22. The van der Waals surface area contributed by atoms with Gasteiger partial charge in [0.15, 0.2) is 0 Å². The third-order valence-electron chi connectivity index (χ3n) is 4.18. The van der Waals surface area contributed by atoms with Crippen molar-refractivity contribution in [2.75, 3.05) is 23.8 Å². The molecule has 2 atom stereocenters. The summed E-state index contributed by atoms with van der Waals surface area (Å²) >= 11 is 0. The zero-order chi connectivity index (χ0) is 13.4. The van der Waals surface area contributed by atoms with Gasteiger partial charge in [0.1, 0.15) is 0 Å². The van der Waals surface area contributed by atoms with E-state index in [4.69, 9.17) is 5.73 Å². The van der Waals surface area contributed by atoms with Crippen LogP contribution in [0.5, 0.6) is 0 Å². The van der Waals surface area contributed by atoms with Crippen LogP contribution in [-0.4, -0.2) is 29.3 Å². The zero-order valence-electron chi connectivity index (χ0n) is 11.1. The van der Waals surface area contributed by atoms with E-state index in [2.05, 4.69) is 16.8 Å². The predicted octanol–water partition coefficient (Wildman–Crippen LogP) is 2.02. The molecule has 0 bridgehead atoms. The van der Waals surface area contributed by atoms with E-state index in [0.29, 0.717) is 5.92 Å². The van der Waals surface area contributed by atoms with Gasteiger partial charge in [-0.25, -0.2) is 0 Å². The van der Waals surface area contributed by atoms with Gasteiger partial charge in [-0.15, -0.1) is 0 Å². The number of aliphatic hydroxyl groups excluding tert-OH is 1. The lowest BCUT2D eigenvalue weighted by Gasteiger charge is -2.28. The van der Waals surface area contributed by atoms with Gasteiger partial charge in [-0.3, -0.25) is 4.98 Å². The summed E-state index contributed by atoms with van der Waals surface area (Å²) in [5.74, 6) is 0.494. The highest BCUT2D eigenvalue weighted by Gasteiger charge is 2.31. The highest BCUT2D eigenvalue weighted by atomic mass is 16.3. The van der Waals surface area contributed by atoms with E-state index >= 15 is 0 Å². The van der Waals surface area contributed by atoms with E-state index in [1.807, 2.05) is 24.3 Å². The quantitative estimate of drug-likeness (QED) is 0.808. The highest BCUT2D eigenvalue weighted by molar-refractivity contribution is 5.97. The van der Waals surface area contributed by atoms with E-state index in [1.54, 1.807) is 6.20 Å². The number of nitrogens with two attached hydrogens (primary N) is 1. The molecule has 0 aliphatic carbocycles. The molecule has 0 amide bonds. The van der Waals surface area contributed by atoms with Gasteiger partial charge in [0, 0.05) is 18.1 Å². The molecule has 3 rings (SSSR count). The summed E-state index contributed by atoms with van der Waals surface area (Å²) in [6.45, 7) is 3.30. The molecular formula is C15H19N3O. The van der Waals surface area contributed by atoms with Crippen molar-refractivity contribution in [3.05, 3.63) is 30.5 Å². The molecule has 0 saturated carbocycles. The lowest BCUT2D eigenvalue weighted by atomic mass is 10.0. The molecule has 2 unspecified atom stereocenters. The average Bonchev–Trinajstić information content (AvgIpc) is 2.80. The second kappa shape index (κ2) is 4.70. The van der Waals surface area contributed by atoms with Crippen LogP contribution in [0, 0.1) is 5.92 Å². The molecule has 1 fully saturated rings. The van der Waals surface area contributed by atoms with Gasteiger partial charge in [-0.05, 0) is 36.6 Å². The highest BCUT2D eigenvalue weighted by Crippen LogP contribution is 2.36. The molecule has 1 aliphatic rings. The Bertz CT molecular complexity index is 599. The van der Waals surface area contributed by atoms with Crippen molar-refractivity contribution in [1.82, 2.24) is 4.98 Å². The van der Waals surface area contributed by atoms with Crippen LogP contribution in [0.1, 0.15) is 13.3 Å². The smallest absolute Gasteiger partial charge is 0.0724 e. The van der Waals surface area contributed by atoms with Crippen molar-refractivity contribution in [3.63, 3.8) is 0 Å². The Morgan fingerprint density at radius 1 is 1.42 bits per heavy atom. The maximum Gasteiger partial charge on any atom is 0.0724 e. The molecule has 1 aromatic heterocycles. The maximum absolute atomic E-state index is 9.58. The Labute approximate surface area is 112 Å². The second-order valence-electron chi connectivity index (χ2n) is 5.28. The maximum atomic E-state index is 9.58. The molecule has 1 aromatic carbocycles. The van der Waals surface area contributed by atoms with E-state index in [9.17, 15) is 5.11 Å². The molecule has 100 valence electrons. The van der Waals surface area contributed by atoms with Gasteiger partial charge in [0.25, 0.3) is 0 Å². The monoisotopic (exact) mass is 257 g/mol. The lowest BCUT2D eigenvalue weighted by Crippen LogP contribution is -2.35. The van der Waals surface area contributed by atoms with Crippen LogP contribution < -0.4 is 10.6 Å². The number of hydrogen-bond acceptors (Lipinski definition) is 4. The summed E-state index contributed by atoms with van der Waals surface area (Å²) < 4.78 is 0. The molecule has 0 radical (unpaired) electrons. The molecule has 1 saturated heterocycles. The summed E-state index contributed by atoms with van der Waals surface area (Å²) in [6, 6.07) is 8.08. The molecular weight excluding hydrogens is 238 g/mol. The van der Waals surface area contributed by atoms with Gasteiger partial charge < -0.3 is 15.7 Å². The van der Waals surface area contributed by atoms with Gasteiger partial charge in [-0.2, -0.15) is 0 Å². The first-order valence-electron chi connectivity index (χ1n) is 6.73. The third kappa shape index (κ3) is 1.92. The fourth-order valence-corrected chi connectivity index (χ4v) is 3.00. The molecule has 19 heavy (non-hydrogen) atoms. The van der Waals surface area contributed by atoms with Gasteiger partial charge >= 0.3 is 0 Å². The zero-order valence-corrected chi connectivity index (χ0v) is 11.1. The van der Waals surface area contributed by atoms with Crippen LogP contribution >= 0.6 is 0 Å². The fraction of sp³-hybridized carbons (Fsp3) is 0.400. The standard InChI is InChI=1S/C15H19N3O/c1-10-6-8-18(14(10)9-19)13-5-4-12-11(15(13)16)3-2-7-17-12/h2-5,7,10,14,19H,6,8-9,16H2,1H3. The summed E-state index contributed by atoms with van der Waals surface area (Å²) in [5.41, 5.74) is 8.99. The van der Waals surface area contributed by atoms with E-state index in [-0.39, 0.29) is 12.6 Å². The average molecular weight is 257 g/mol. The molecule has 1 aliphatic heterocycles. The number of benzene rings is 1. The van der Waals surface area contributed by atoms with E-state index < -0.39 is 0 Å². The van der Waals surface area contributed by atoms with Crippen LogP contribution in [-0.2, 0) is 0 Å². The number of pyridine rings is 1. The normalized spacial score (nSPS) is 23.2. The first kappa shape index (κ1) is 12.2. The lowest BCUT2D eigenvalue weighted by molar-refractivity contribution is 0.245. The van der Waals surface area contributed by atoms with Crippen molar-refractivity contribution >= 4 is 22.3 Å². The Kier molecular flexibility index (Phi) is 3.03. The Morgan fingerprint density at radius 2 is 2.26 bits per heavy atom. The number of nitrogens with zero attached hydrogens (tertiary/aromatic N) is 2. The largest absolute Gasteiger partial charge is 0.396 e. The summed E-state index contributed by atoms with van der Waals surface area (Å²) in [6.07, 6.45) is 2.87. The predicted molar refractivity (Wildman–Crippen MR) is 78.2 cm³/mol. The van der Waals surface area contributed by atoms with Crippen molar-refractivity contribution in [2.24, 2.45) is 5.92 Å². The van der Waals surface area contributed by atoms with Crippen molar-refractivity contribution in [3.8, 4) is 0 Å². The molecule has 0 spiro atoms. The minimum atomic E-state index is 0.163. The van der Waals surface area contributed by atoms with Crippen LogP contribution in [0.25, 0.3) is 10.9 Å². The Balaban J connectivity index is 2.08. The molecule has 4 nitrogen and oxygen atoms in total. The number of aliphatic hydroxyl groups is 1. The van der Waals surface area contributed by atoms with Gasteiger partial charge in [0.05, 0.1) is 29.5 Å². The van der Waals surface area contributed by atoms with Crippen LogP contribution in [0.4, 0.5) is 11.4 Å². The molecule has 4 heteroatoms. The van der Waals surface area contributed by atoms with Crippen molar-refractivity contribution in [2.45, 2.75) is 19.4 Å². The topological polar surface area (TPSA) is 62.4 Å². The SMILES string of the molecule is CC1CCN(c2ccc3ncccc3c2N)C1CO. The molecule has 2 heterocycles. The van der Waals surface area contributed by atoms with Crippen LogP contribution in [0.2, 0.25) is 0 Å². The van der Waals surface area contributed by atoms with Gasteiger partial charge in [-0.1, -0.05) is 6.92 Å². The second-order valence-corrected chi connectivity index (χ2v) is 5.28. The number of hydrogen-bond donors (Lipinski definition) is 2. The first-order valence-corrected chi connectivity index (χ1v) is 6.73. The molecule has 3 N–H and O–H groups in total. The van der Waals surface area contributed by atoms with Crippen molar-refractivity contribution < 1.29 is 5.11 Å². The number of rotatable bonds is 2. The minimum Gasteiger partial charge on any atom is -0.396 e. The van der Waals surface area contributed by atoms with Gasteiger partial charge in [0.2, 0.25) is 0 Å². The van der Waals surface area contributed by atoms with Crippen molar-refractivity contribution in [1.29, 1.82) is 0 Å². The number of nitrogen functional groups attached to an aromatic ring is 1. The summed E-state index contributed by atoms with van der Waals surface area (Å²) in [4.78, 5) is 6.54. The summed E-state index contributed by atoms with van der Waals surface area (Å²) in [7, 11) is 0. The fourth-order valence-electron chi connectivity index (χ4n) is 3.00. The molecule has 2 aromatic rings. The Morgan fingerprint density at radius 3 is 3.05 bits per heavy atom. The summed E-state index contributed by atoms with van der Waals surface area (Å²) in [5, 5.41) is 10.6. The minimum absolute atomic E-state index is 0.163. The third-order valence-corrected chi connectivity index (χ3v) is 4.18. The van der Waals surface area contributed by atoms with Crippen LogP contribution in [0.15, 0.2) is 30.5 Å². The number of fused-ring (bicyclic) bond motifs is 1. The van der Waals surface area contributed by atoms with E-state index in [0.717, 1.165) is 35.2 Å². The van der Waals surface area contributed by atoms with E-state index in [1.165, 1.54) is 0 Å². The number of aromatic nitrogens is 1. The Hall–Kier alpha value is -1.81. The number of anilines is 2. The van der Waals surface area contributed by atoms with Crippen LogP contribution in [0.3, 0.4) is 0 Å².